The fourth-order valence-corrected chi connectivity index (χ4v) is 3.67. The van der Waals surface area contributed by atoms with E-state index in [-0.39, 0.29) is 23.3 Å². The molecule has 1 aliphatic rings. The Morgan fingerprint density at radius 3 is 2.82 bits per heavy atom. The van der Waals surface area contributed by atoms with Crippen molar-refractivity contribution in [2.75, 3.05) is 33.4 Å². The number of aromatic amines is 1. The zero-order valence-corrected chi connectivity index (χ0v) is 16.3. The van der Waals surface area contributed by atoms with Crippen molar-refractivity contribution in [1.82, 2.24) is 15.2 Å². The molecular formula is C21H27N3O4. The Labute approximate surface area is 164 Å². The number of phenolic OH excluding ortho intramolecular Hbond substituents is 1. The quantitative estimate of drug-likeness (QED) is 0.677. The van der Waals surface area contributed by atoms with E-state index in [1.54, 1.807) is 44.4 Å². The summed E-state index contributed by atoms with van der Waals surface area (Å²) in [4.78, 5) is 30.1. The molecule has 2 aromatic rings. The number of nitrogens with one attached hydrogen (secondary N) is 2. The molecule has 1 fully saturated rings. The van der Waals surface area contributed by atoms with Crippen molar-refractivity contribution in [3.63, 3.8) is 0 Å². The van der Waals surface area contributed by atoms with E-state index in [1.807, 2.05) is 0 Å². The second kappa shape index (κ2) is 9.03. The lowest BCUT2D eigenvalue weighted by molar-refractivity contribution is 0.0931. The highest BCUT2D eigenvalue weighted by Crippen LogP contribution is 2.24. The molecular weight excluding hydrogens is 358 g/mol. The second-order valence-corrected chi connectivity index (χ2v) is 7.13. The maximum absolute atomic E-state index is 12.7. The Kier molecular flexibility index (Phi) is 6.49. The van der Waals surface area contributed by atoms with Crippen LogP contribution in [0.3, 0.4) is 0 Å². The first-order chi connectivity index (χ1) is 13.5. The van der Waals surface area contributed by atoms with Crippen molar-refractivity contribution < 1.29 is 14.6 Å². The Morgan fingerprint density at radius 1 is 1.36 bits per heavy atom. The largest absolute Gasteiger partial charge is 0.508 e. The number of aryl methyl sites for hydroxylation is 1. The van der Waals surface area contributed by atoms with Crippen LogP contribution in [-0.4, -0.2) is 60.3 Å². The fraction of sp³-hybridized carbons (Fsp3) is 0.429. The first-order valence-electron chi connectivity index (χ1n) is 9.54. The van der Waals surface area contributed by atoms with Crippen LogP contribution in [0.2, 0.25) is 0 Å². The van der Waals surface area contributed by atoms with Crippen LogP contribution in [-0.2, 0) is 4.74 Å². The van der Waals surface area contributed by atoms with Crippen LogP contribution >= 0.6 is 0 Å². The predicted octanol–water partition coefficient (Wildman–Crippen LogP) is 1.90. The normalized spacial score (nSPS) is 17.0. The molecule has 150 valence electrons. The van der Waals surface area contributed by atoms with E-state index in [0.717, 1.165) is 37.1 Å². The molecule has 3 N–H and O–H groups in total. The summed E-state index contributed by atoms with van der Waals surface area (Å²) in [7, 11) is 1.68. The minimum Gasteiger partial charge on any atom is -0.508 e. The van der Waals surface area contributed by atoms with Gasteiger partial charge in [-0.25, -0.2) is 0 Å². The van der Waals surface area contributed by atoms with Crippen LogP contribution in [0.5, 0.6) is 5.75 Å². The molecule has 7 nitrogen and oxygen atoms in total. The molecule has 0 saturated carbocycles. The number of H-pyrrole nitrogens is 1. The number of amides is 1. The Morgan fingerprint density at radius 2 is 2.11 bits per heavy atom. The first-order valence-corrected chi connectivity index (χ1v) is 9.54. The molecule has 7 heteroatoms. The van der Waals surface area contributed by atoms with Gasteiger partial charge in [-0.1, -0.05) is 12.1 Å². The number of pyridine rings is 1. The van der Waals surface area contributed by atoms with Crippen molar-refractivity contribution in [3.05, 3.63) is 51.9 Å². The number of hydrogen-bond donors (Lipinski definition) is 3. The van der Waals surface area contributed by atoms with Gasteiger partial charge in [0.2, 0.25) is 0 Å². The lowest BCUT2D eigenvalue weighted by Crippen LogP contribution is -2.42. The maximum Gasteiger partial charge on any atom is 0.261 e. The molecule has 1 aliphatic heterocycles. The molecule has 2 heterocycles. The number of carbonyl (C=O) groups excluding carboxylic acids is 1. The Bertz CT molecular complexity index is 876. The number of aromatic nitrogens is 1. The van der Waals surface area contributed by atoms with Gasteiger partial charge in [-0.15, -0.1) is 0 Å². The van der Waals surface area contributed by atoms with E-state index in [9.17, 15) is 14.7 Å². The van der Waals surface area contributed by atoms with Gasteiger partial charge < -0.3 is 20.1 Å². The zero-order valence-electron chi connectivity index (χ0n) is 16.3. The summed E-state index contributed by atoms with van der Waals surface area (Å²) in [6.45, 7) is 4.80. The summed E-state index contributed by atoms with van der Waals surface area (Å²) in [5, 5.41) is 12.4. The number of hydrogen-bond acceptors (Lipinski definition) is 5. The van der Waals surface area contributed by atoms with Gasteiger partial charge in [0.15, 0.2) is 0 Å². The predicted molar refractivity (Wildman–Crippen MR) is 108 cm³/mol. The van der Waals surface area contributed by atoms with Crippen molar-refractivity contribution >= 4 is 5.91 Å². The summed E-state index contributed by atoms with van der Waals surface area (Å²) in [6, 6.07) is 8.55. The van der Waals surface area contributed by atoms with E-state index < -0.39 is 5.56 Å². The minimum absolute atomic E-state index is 0.0927. The molecule has 0 radical (unpaired) electrons. The molecule has 1 amide bonds. The molecule has 0 bridgehead atoms. The Hall–Kier alpha value is -2.64. The van der Waals surface area contributed by atoms with Gasteiger partial charge in [-0.2, -0.15) is 0 Å². The van der Waals surface area contributed by atoms with Crippen LogP contribution in [0.4, 0.5) is 0 Å². The van der Waals surface area contributed by atoms with Crippen LogP contribution < -0.4 is 10.9 Å². The van der Waals surface area contributed by atoms with Crippen molar-refractivity contribution in [2.45, 2.75) is 25.8 Å². The highest BCUT2D eigenvalue weighted by atomic mass is 16.5. The van der Waals surface area contributed by atoms with Gasteiger partial charge in [0, 0.05) is 37.5 Å². The second-order valence-electron chi connectivity index (χ2n) is 7.13. The third kappa shape index (κ3) is 4.61. The van der Waals surface area contributed by atoms with Crippen molar-refractivity contribution in [3.8, 4) is 16.9 Å². The Balaban J connectivity index is 1.73. The smallest absolute Gasteiger partial charge is 0.261 e. The molecule has 1 aromatic carbocycles. The third-order valence-electron chi connectivity index (χ3n) is 5.24. The van der Waals surface area contributed by atoms with E-state index in [0.29, 0.717) is 18.8 Å². The van der Waals surface area contributed by atoms with Crippen LogP contribution in [0.25, 0.3) is 11.1 Å². The van der Waals surface area contributed by atoms with Gasteiger partial charge in [-0.3, -0.25) is 14.5 Å². The van der Waals surface area contributed by atoms with Crippen molar-refractivity contribution in [1.29, 1.82) is 0 Å². The lowest BCUT2D eigenvalue weighted by Gasteiger charge is -2.24. The summed E-state index contributed by atoms with van der Waals surface area (Å²) in [6.07, 6.45) is 2.12. The minimum atomic E-state index is -0.403. The number of rotatable bonds is 7. The van der Waals surface area contributed by atoms with Crippen LogP contribution in [0.15, 0.2) is 35.1 Å². The number of aromatic hydroxyl groups is 1. The van der Waals surface area contributed by atoms with Crippen LogP contribution in [0, 0.1) is 6.92 Å². The summed E-state index contributed by atoms with van der Waals surface area (Å²) >= 11 is 0. The molecule has 1 aromatic heterocycles. The molecule has 1 saturated heterocycles. The topological polar surface area (TPSA) is 94.7 Å². The number of likely N-dealkylation sites (tertiary alicyclic amines) is 1. The number of carbonyl (C=O) groups is 1. The van der Waals surface area contributed by atoms with E-state index in [2.05, 4.69) is 15.2 Å². The number of methoxy groups -OCH3 is 1. The van der Waals surface area contributed by atoms with Gasteiger partial charge >= 0.3 is 0 Å². The maximum atomic E-state index is 12.7. The van der Waals surface area contributed by atoms with Gasteiger partial charge in [0.1, 0.15) is 11.3 Å². The molecule has 28 heavy (non-hydrogen) atoms. The highest BCUT2D eigenvalue weighted by molar-refractivity contribution is 5.95. The summed E-state index contributed by atoms with van der Waals surface area (Å²) < 4.78 is 5.15. The SMILES string of the molecule is COCCN1CCCC1CNC(=O)c1cc(-c2ccc(O)cc2)c(C)[nH]c1=O. The van der Waals surface area contributed by atoms with Crippen molar-refractivity contribution in [2.24, 2.45) is 0 Å². The van der Waals surface area contributed by atoms with E-state index in [4.69, 9.17) is 4.74 Å². The van der Waals surface area contributed by atoms with E-state index in [1.165, 1.54) is 0 Å². The average Bonchev–Trinajstić information content (AvgIpc) is 3.13. The molecule has 3 rings (SSSR count). The molecule has 0 aliphatic carbocycles. The van der Waals surface area contributed by atoms with Gasteiger partial charge in [-0.05, 0) is 50.1 Å². The fourth-order valence-electron chi connectivity index (χ4n) is 3.67. The van der Waals surface area contributed by atoms with Gasteiger partial charge in [0.05, 0.1) is 6.61 Å². The van der Waals surface area contributed by atoms with Gasteiger partial charge in [0.25, 0.3) is 11.5 Å². The number of benzene rings is 1. The molecule has 1 unspecified atom stereocenters. The summed E-state index contributed by atoms with van der Waals surface area (Å²) in [5.41, 5.74) is 1.94. The van der Waals surface area contributed by atoms with Crippen LogP contribution in [0.1, 0.15) is 28.9 Å². The zero-order chi connectivity index (χ0) is 20.1. The van der Waals surface area contributed by atoms with E-state index >= 15 is 0 Å². The third-order valence-corrected chi connectivity index (χ3v) is 5.24. The monoisotopic (exact) mass is 385 g/mol. The average molecular weight is 385 g/mol. The lowest BCUT2D eigenvalue weighted by atomic mass is 10.0. The summed E-state index contributed by atoms with van der Waals surface area (Å²) in [5.74, 6) is -0.210. The molecule has 0 spiro atoms. The number of nitrogens with zero attached hydrogens (tertiary/aromatic N) is 1. The number of ether oxygens (including phenoxy) is 1. The first kappa shape index (κ1) is 20.1. The highest BCUT2D eigenvalue weighted by Gasteiger charge is 2.25. The standard InChI is InChI=1S/C21H27N3O4/c1-14-18(15-5-7-17(25)8-6-15)12-19(21(27)23-14)20(26)22-13-16-4-3-9-24(16)10-11-28-2/h5-8,12,16,25H,3-4,9-11,13H2,1-2H3,(H,22,26)(H,23,27). The number of phenols is 1. The molecule has 1 atom stereocenters.